The second-order valence-corrected chi connectivity index (χ2v) is 5.18. The molecule has 0 bridgehead atoms. The van der Waals surface area contributed by atoms with Gasteiger partial charge in [0.25, 0.3) is 0 Å². The van der Waals surface area contributed by atoms with Crippen LogP contribution in [0.25, 0.3) is 0 Å². The van der Waals surface area contributed by atoms with Gasteiger partial charge in [-0.3, -0.25) is 10.1 Å². The maximum absolute atomic E-state index is 13.5. The number of nitrogens with two attached hydrogens (primary N) is 1. The number of halogens is 1. The monoisotopic (exact) mass is 285 g/mol. The van der Waals surface area contributed by atoms with Crippen molar-refractivity contribution in [2.45, 2.75) is 24.0 Å². The summed E-state index contributed by atoms with van der Waals surface area (Å²) >= 11 is 1.02. The average molecular weight is 285 g/mol. The summed E-state index contributed by atoms with van der Waals surface area (Å²) < 4.78 is 13.5. The molecular formula is C12H16FN3O2S. The van der Waals surface area contributed by atoms with E-state index in [9.17, 15) is 14.0 Å². The molecule has 0 aliphatic carbocycles. The molecule has 0 saturated heterocycles. The zero-order valence-electron chi connectivity index (χ0n) is 10.7. The molecule has 0 radical (unpaired) electrons. The highest BCUT2D eigenvalue weighted by molar-refractivity contribution is 8.00. The molecular weight excluding hydrogens is 269 g/mol. The normalized spacial score (nSPS) is 11.7. The second-order valence-electron chi connectivity index (χ2n) is 3.80. The molecule has 0 aliphatic heterocycles. The molecule has 1 atom stereocenters. The van der Waals surface area contributed by atoms with E-state index in [4.69, 9.17) is 5.73 Å². The first-order valence-corrected chi connectivity index (χ1v) is 6.62. The van der Waals surface area contributed by atoms with Crippen molar-refractivity contribution in [1.29, 1.82) is 0 Å². The molecule has 0 fully saturated rings. The summed E-state index contributed by atoms with van der Waals surface area (Å²) in [5, 5.41) is 4.02. The Kier molecular flexibility index (Phi) is 5.62. The topological polar surface area (TPSA) is 84.2 Å². The van der Waals surface area contributed by atoms with Gasteiger partial charge in [-0.2, -0.15) is 0 Å². The number of urea groups is 1. The number of thioether (sulfide) groups is 1. The van der Waals surface area contributed by atoms with Crippen molar-refractivity contribution >= 4 is 29.4 Å². The van der Waals surface area contributed by atoms with Gasteiger partial charge in [0, 0.05) is 17.1 Å². The molecule has 1 aromatic rings. The third-order valence-corrected chi connectivity index (χ3v) is 3.36. The maximum Gasteiger partial charge on any atom is 0.321 e. The molecule has 4 N–H and O–H groups in total. The van der Waals surface area contributed by atoms with Crippen LogP contribution in [0.1, 0.15) is 13.8 Å². The molecule has 7 heteroatoms. The minimum atomic E-state index is -0.597. The summed E-state index contributed by atoms with van der Waals surface area (Å²) in [5.41, 5.74) is 5.76. The number of rotatable bonds is 4. The van der Waals surface area contributed by atoms with Gasteiger partial charge >= 0.3 is 6.03 Å². The highest BCUT2D eigenvalue weighted by Crippen LogP contribution is 2.27. The minimum absolute atomic E-state index is 0.313. The SMILES string of the molecule is CCNC(=O)NC(=O)C(C)Sc1ccc(N)cc1F. The molecule has 1 rings (SSSR count). The lowest BCUT2D eigenvalue weighted by atomic mass is 10.3. The summed E-state index contributed by atoms with van der Waals surface area (Å²) in [6, 6.07) is 3.69. The lowest BCUT2D eigenvalue weighted by molar-refractivity contribution is -0.119. The van der Waals surface area contributed by atoms with Gasteiger partial charge in [0.2, 0.25) is 5.91 Å². The number of hydrogen-bond acceptors (Lipinski definition) is 4. The van der Waals surface area contributed by atoms with Crippen molar-refractivity contribution in [1.82, 2.24) is 10.6 Å². The standard InChI is InChI=1S/C12H16FN3O2S/c1-3-15-12(18)16-11(17)7(2)19-10-5-4-8(14)6-9(10)13/h4-7H,3,14H2,1-2H3,(H2,15,16,17,18). The number of anilines is 1. The van der Waals surface area contributed by atoms with Gasteiger partial charge in [-0.25, -0.2) is 9.18 Å². The van der Waals surface area contributed by atoms with Gasteiger partial charge < -0.3 is 11.1 Å². The molecule has 0 aromatic heterocycles. The Morgan fingerprint density at radius 1 is 1.47 bits per heavy atom. The Labute approximate surface area is 115 Å². The van der Waals surface area contributed by atoms with Crippen LogP contribution in [-0.2, 0) is 4.79 Å². The second kappa shape index (κ2) is 6.98. The molecule has 3 amide bonds. The van der Waals surface area contributed by atoms with Crippen molar-refractivity contribution in [2.75, 3.05) is 12.3 Å². The zero-order valence-corrected chi connectivity index (χ0v) is 11.5. The molecule has 0 spiro atoms. The van der Waals surface area contributed by atoms with Crippen molar-refractivity contribution < 1.29 is 14.0 Å². The van der Waals surface area contributed by atoms with E-state index >= 15 is 0 Å². The first kappa shape index (κ1) is 15.3. The Morgan fingerprint density at radius 2 is 2.16 bits per heavy atom. The predicted molar refractivity (Wildman–Crippen MR) is 73.3 cm³/mol. The van der Waals surface area contributed by atoms with Crippen molar-refractivity contribution in [2.24, 2.45) is 0 Å². The molecule has 0 heterocycles. The van der Waals surface area contributed by atoms with Crippen LogP contribution >= 0.6 is 11.8 Å². The number of nitrogens with one attached hydrogen (secondary N) is 2. The number of imide groups is 1. The summed E-state index contributed by atoms with van der Waals surface area (Å²) in [6.45, 7) is 3.76. The van der Waals surface area contributed by atoms with E-state index in [2.05, 4.69) is 10.6 Å². The fourth-order valence-electron chi connectivity index (χ4n) is 1.27. The number of nitrogen functional groups attached to an aromatic ring is 1. The molecule has 0 saturated carbocycles. The van der Waals surface area contributed by atoms with Gasteiger partial charge in [-0.1, -0.05) is 0 Å². The Bertz CT molecular complexity index is 482. The van der Waals surface area contributed by atoms with E-state index in [0.717, 1.165) is 11.8 Å². The van der Waals surface area contributed by atoms with Crippen LogP contribution in [0.15, 0.2) is 23.1 Å². The third-order valence-electron chi connectivity index (χ3n) is 2.20. The van der Waals surface area contributed by atoms with E-state index < -0.39 is 23.0 Å². The molecule has 5 nitrogen and oxygen atoms in total. The predicted octanol–water partition coefficient (Wildman–Crippen LogP) is 1.73. The van der Waals surface area contributed by atoms with E-state index in [0.29, 0.717) is 17.1 Å². The smallest absolute Gasteiger partial charge is 0.321 e. The van der Waals surface area contributed by atoms with Gasteiger partial charge in [0.05, 0.1) is 5.25 Å². The molecule has 104 valence electrons. The Morgan fingerprint density at radius 3 is 2.74 bits per heavy atom. The number of carbonyl (C=O) groups is 2. The molecule has 0 aliphatic rings. The Hall–Kier alpha value is -1.76. The maximum atomic E-state index is 13.5. The van der Waals surface area contributed by atoms with E-state index in [1.807, 2.05) is 0 Å². The molecule has 19 heavy (non-hydrogen) atoms. The van der Waals surface area contributed by atoms with Crippen LogP contribution in [0.4, 0.5) is 14.9 Å². The van der Waals surface area contributed by atoms with Gasteiger partial charge in [0.15, 0.2) is 0 Å². The van der Waals surface area contributed by atoms with Crippen molar-refractivity contribution in [3.63, 3.8) is 0 Å². The van der Waals surface area contributed by atoms with Gasteiger partial charge in [-0.15, -0.1) is 11.8 Å². The highest BCUT2D eigenvalue weighted by Gasteiger charge is 2.18. The first-order chi connectivity index (χ1) is 8.93. The van der Waals surface area contributed by atoms with Crippen molar-refractivity contribution in [3.05, 3.63) is 24.0 Å². The summed E-state index contributed by atoms with van der Waals surface area (Å²) in [4.78, 5) is 23.2. The highest BCUT2D eigenvalue weighted by atomic mass is 32.2. The van der Waals surface area contributed by atoms with Crippen LogP contribution in [0.3, 0.4) is 0 Å². The van der Waals surface area contributed by atoms with Gasteiger partial charge in [-0.05, 0) is 32.0 Å². The lowest BCUT2D eigenvalue weighted by Gasteiger charge is -2.12. The molecule has 1 unspecified atom stereocenters. The van der Waals surface area contributed by atoms with Crippen LogP contribution in [-0.4, -0.2) is 23.7 Å². The van der Waals surface area contributed by atoms with Crippen LogP contribution in [0, 0.1) is 5.82 Å². The lowest BCUT2D eigenvalue weighted by Crippen LogP contribution is -2.42. The fourth-order valence-corrected chi connectivity index (χ4v) is 2.14. The molecule has 1 aromatic carbocycles. The quantitative estimate of drug-likeness (QED) is 0.581. The number of amides is 3. The summed E-state index contributed by atoms with van der Waals surface area (Å²) in [5.74, 6) is -0.963. The van der Waals surface area contributed by atoms with Crippen LogP contribution in [0.2, 0.25) is 0 Å². The summed E-state index contributed by atoms with van der Waals surface area (Å²) in [7, 11) is 0. The van der Waals surface area contributed by atoms with E-state index in [1.165, 1.54) is 12.1 Å². The number of hydrogen-bond donors (Lipinski definition) is 3. The zero-order chi connectivity index (χ0) is 14.4. The third kappa shape index (κ3) is 4.78. The number of carbonyl (C=O) groups excluding carboxylic acids is 2. The first-order valence-electron chi connectivity index (χ1n) is 5.74. The van der Waals surface area contributed by atoms with Crippen LogP contribution in [0.5, 0.6) is 0 Å². The van der Waals surface area contributed by atoms with Gasteiger partial charge in [0.1, 0.15) is 5.82 Å². The van der Waals surface area contributed by atoms with Crippen molar-refractivity contribution in [3.8, 4) is 0 Å². The summed E-state index contributed by atoms with van der Waals surface area (Å²) in [6.07, 6.45) is 0. The minimum Gasteiger partial charge on any atom is -0.399 e. The average Bonchev–Trinajstić information content (AvgIpc) is 2.32. The Balaban J connectivity index is 2.61. The van der Waals surface area contributed by atoms with E-state index in [1.54, 1.807) is 19.9 Å². The number of benzene rings is 1. The largest absolute Gasteiger partial charge is 0.399 e. The van der Waals surface area contributed by atoms with Crippen LogP contribution < -0.4 is 16.4 Å². The van der Waals surface area contributed by atoms with E-state index in [-0.39, 0.29) is 0 Å². The fraction of sp³-hybridized carbons (Fsp3) is 0.333.